The number of Topliss-reactive ketones (excluding diaryl/α,β-unsaturated/α-hetero) is 2. The Labute approximate surface area is 388 Å². The number of fused-ring (bicyclic) bond motifs is 3. The highest BCUT2D eigenvalue weighted by Gasteiger charge is 2.64. The van der Waals surface area contributed by atoms with E-state index in [1.165, 1.54) is 133 Å². The number of nitrogens with one attached hydrogen (secondary N) is 1. The fourth-order valence-corrected chi connectivity index (χ4v) is 21.5. The highest BCUT2D eigenvalue weighted by molar-refractivity contribution is 7.77. The summed E-state index contributed by atoms with van der Waals surface area (Å²) in [5.74, 6) is -7.39. The van der Waals surface area contributed by atoms with Crippen LogP contribution >= 0.6 is 7.26 Å². The third-order valence-electron chi connectivity index (χ3n) is 16.9. The van der Waals surface area contributed by atoms with E-state index in [0.29, 0.717) is 17.7 Å². The van der Waals surface area contributed by atoms with E-state index in [0.717, 1.165) is 29.8 Å². The summed E-state index contributed by atoms with van der Waals surface area (Å²) in [5, 5.41) is 49.5. The molecule has 4 fully saturated rings. The Morgan fingerprint density at radius 2 is 1.28 bits per heavy atom. The minimum Gasteiger partial charge on any atom is -0.508 e. The van der Waals surface area contributed by atoms with Gasteiger partial charge in [-0.3, -0.25) is 24.1 Å². The zero-order valence-corrected chi connectivity index (χ0v) is 40.9. The monoisotopic (exact) mass is 920 g/mol. The average Bonchev–Trinajstić information content (AvgIpc) is 3.28. The molecule has 7 N–H and O–H groups in total. The number of ketones is 2. The Kier molecular flexibility index (Phi) is 16.1. The molecular weight excluding hydrogens is 840 g/mol. The molecule has 0 heterocycles. The second-order valence-corrected chi connectivity index (χ2v) is 25.9. The first kappa shape index (κ1) is 49.4. The first-order valence-electron chi connectivity index (χ1n) is 25.5. The van der Waals surface area contributed by atoms with Crippen molar-refractivity contribution in [2.45, 2.75) is 196 Å². The second-order valence-electron chi connectivity index (χ2n) is 21.2. The van der Waals surface area contributed by atoms with Crippen molar-refractivity contribution in [1.29, 1.82) is 0 Å². The van der Waals surface area contributed by atoms with Crippen LogP contribution in [0.5, 0.6) is 5.75 Å². The van der Waals surface area contributed by atoms with E-state index in [4.69, 9.17) is 5.73 Å². The van der Waals surface area contributed by atoms with Crippen molar-refractivity contribution < 1.29 is 39.6 Å². The summed E-state index contributed by atoms with van der Waals surface area (Å²) in [4.78, 5) is 56.8. The first-order chi connectivity index (χ1) is 31.1. The minimum absolute atomic E-state index is 0.000766. The summed E-state index contributed by atoms with van der Waals surface area (Å²) < 4.78 is 0. The Morgan fingerprint density at radius 3 is 1.77 bits per heavy atom. The van der Waals surface area contributed by atoms with Gasteiger partial charge in [0.1, 0.15) is 22.8 Å². The number of phenols is 1. The highest BCUT2D eigenvalue weighted by Crippen LogP contribution is 2.77. The molecule has 65 heavy (non-hydrogen) atoms. The Morgan fingerprint density at radius 1 is 0.769 bits per heavy atom. The van der Waals surface area contributed by atoms with Crippen molar-refractivity contribution in [2.24, 2.45) is 17.6 Å². The highest BCUT2D eigenvalue weighted by atomic mass is 31.2. The number of aliphatic hydroxyl groups is 3. The molecule has 4 saturated carbocycles. The number of aliphatic hydroxyl groups excluding tert-OH is 2. The topological polar surface area (TPSA) is 194 Å². The average molecular weight is 920 g/mol. The van der Waals surface area contributed by atoms with Crippen LogP contribution in [0.2, 0.25) is 0 Å². The largest absolute Gasteiger partial charge is 0.508 e. The van der Waals surface area contributed by atoms with E-state index >= 15 is 0 Å². The van der Waals surface area contributed by atoms with Crippen LogP contribution in [0.4, 0.5) is 11.4 Å². The van der Waals surface area contributed by atoms with E-state index in [1.54, 1.807) is 45.3 Å². The number of nitrogens with zero attached hydrogens (tertiary/aromatic N) is 2. The summed E-state index contributed by atoms with van der Waals surface area (Å²) in [7, 11) is 5.75. The standard InChI is InChI=1S/C52H79N4O8P/c1-55(2)40-32-39(46(58)43-37(40)30-33-31-38-45(56(3)4)48(60)44(51(53)63)50(62)52(38,64)49(61)42(33)47(43)59)54-41(57)28-20-9-7-5-6-8-10-21-29-65(34-22-14-11-15-23-34,35-24-16-12-17-25-35)36-26-18-13-19-27-36/h32-36,38,45,64H,5-31H2,1-4H3,(H5-,53,54,57,58,59,60,61,62,63)/p+1/t33-,38-,45-,52-/m0/s1. The van der Waals surface area contributed by atoms with Gasteiger partial charge >= 0.3 is 0 Å². The van der Waals surface area contributed by atoms with Crippen LogP contribution in [-0.4, -0.2) is 112 Å². The normalized spacial score (nSPS) is 26.0. The zero-order chi connectivity index (χ0) is 46.6. The maximum atomic E-state index is 14.3. The number of benzene rings is 1. The number of rotatable bonds is 18. The summed E-state index contributed by atoms with van der Waals surface area (Å²) in [6.45, 7) is 0. The Balaban J connectivity index is 0.941. The fourth-order valence-electron chi connectivity index (χ4n) is 13.9. The van der Waals surface area contributed by atoms with Gasteiger partial charge in [-0.2, -0.15) is 0 Å². The Hall–Kier alpha value is -3.47. The molecule has 0 aromatic heterocycles. The van der Waals surface area contributed by atoms with Crippen molar-refractivity contribution >= 4 is 47.8 Å². The number of carbonyl (C=O) groups is 4. The number of carbonyl (C=O) groups excluding carboxylic acids is 4. The van der Waals surface area contributed by atoms with E-state index in [1.807, 2.05) is 0 Å². The number of hydrogen-bond acceptors (Lipinski definition) is 10. The fraction of sp³-hybridized carbons (Fsp3) is 0.731. The molecule has 13 heteroatoms. The molecule has 0 aliphatic heterocycles. The molecule has 0 bridgehead atoms. The van der Waals surface area contributed by atoms with Crippen LogP contribution in [-0.2, 0) is 25.6 Å². The molecule has 0 spiro atoms. The molecule has 0 radical (unpaired) electrons. The molecule has 360 valence electrons. The maximum absolute atomic E-state index is 14.3. The quantitative estimate of drug-likeness (QED) is 0.0358. The van der Waals surface area contributed by atoms with Gasteiger partial charge in [0, 0.05) is 45.0 Å². The van der Waals surface area contributed by atoms with Gasteiger partial charge in [-0.15, -0.1) is 0 Å². The lowest BCUT2D eigenvalue weighted by Crippen LogP contribution is -2.65. The van der Waals surface area contributed by atoms with Crippen molar-refractivity contribution in [3.8, 4) is 5.75 Å². The van der Waals surface area contributed by atoms with Gasteiger partial charge < -0.3 is 36.4 Å². The molecular formula is C52H80N4O8P+. The first-order valence-corrected chi connectivity index (χ1v) is 27.7. The molecule has 1 aromatic carbocycles. The maximum Gasteiger partial charge on any atom is 0.255 e. The predicted molar refractivity (Wildman–Crippen MR) is 261 cm³/mol. The molecule has 2 amide bonds. The van der Waals surface area contributed by atoms with Crippen molar-refractivity contribution in [1.82, 2.24) is 4.90 Å². The van der Waals surface area contributed by atoms with Crippen molar-refractivity contribution in [3.05, 3.63) is 34.1 Å². The molecule has 7 rings (SSSR count). The lowest BCUT2D eigenvalue weighted by atomic mass is 9.57. The van der Waals surface area contributed by atoms with Crippen LogP contribution in [0.3, 0.4) is 0 Å². The molecule has 6 aliphatic carbocycles. The van der Waals surface area contributed by atoms with Crippen LogP contribution in [0.15, 0.2) is 23.0 Å². The number of aromatic hydroxyl groups is 1. The number of amides is 2. The van der Waals surface area contributed by atoms with Gasteiger partial charge in [0.2, 0.25) is 11.7 Å². The Bertz CT molecular complexity index is 1950. The number of primary amides is 1. The number of unbranched alkanes of at least 4 members (excludes halogenated alkanes) is 7. The smallest absolute Gasteiger partial charge is 0.255 e. The van der Waals surface area contributed by atoms with Crippen molar-refractivity contribution in [2.75, 3.05) is 44.6 Å². The predicted octanol–water partition coefficient (Wildman–Crippen LogP) is 9.50. The summed E-state index contributed by atoms with van der Waals surface area (Å²) in [6, 6.07) is 0.507. The second kappa shape index (κ2) is 21.2. The van der Waals surface area contributed by atoms with E-state index in [9.17, 15) is 39.6 Å². The SMILES string of the molecule is CN(C)c1cc(NC(=O)CCCCCCCCCC[P+](C2CCCCC2)(C2CCCCC2)C2CCCCC2)c(O)c2c1C[C@H]1C[C@H]3[C@H](N(C)C)C(=O)C(C(N)=O)=C(O)[C@@]3(O)C(=O)C1=C2O. The van der Waals surface area contributed by atoms with E-state index in [-0.39, 0.29) is 42.0 Å². The third-order valence-corrected chi connectivity index (χ3v) is 23.6. The number of hydrogen-bond donors (Lipinski definition) is 6. The number of anilines is 2. The van der Waals surface area contributed by atoms with Crippen LogP contribution in [0.25, 0.3) is 5.76 Å². The van der Waals surface area contributed by atoms with E-state index < -0.39 is 71.1 Å². The number of phenolic OH excluding ortho intramolecular Hbond substituents is 1. The molecule has 0 unspecified atom stereocenters. The minimum atomic E-state index is -2.72. The van der Waals surface area contributed by atoms with Gasteiger partial charge in [-0.25, -0.2) is 0 Å². The van der Waals surface area contributed by atoms with Crippen LogP contribution in [0.1, 0.15) is 172 Å². The summed E-state index contributed by atoms with van der Waals surface area (Å²) in [5.41, 5.74) is 6.03. The summed E-state index contributed by atoms with van der Waals surface area (Å²) in [6.07, 6.45) is 33.5. The molecule has 6 aliphatic rings. The van der Waals surface area contributed by atoms with Gasteiger partial charge in [0.05, 0.1) is 40.4 Å². The van der Waals surface area contributed by atoms with Gasteiger partial charge in [-0.05, 0) is 141 Å². The van der Waals surface area contributed by atoms with Gasteiger partial charge in [-0.1, -0.05) is 51.4 Å². The summed E-state index contributed by atoms with van der Waals surface area (Å²) >= 11 is 0. The zero-order valence-electron chi connectivity index (χ0n) is 40.0. The van der Waals surface area contributed by atoms with Crippen molar-refractivity contribution in [3.63, 3.8) is 0 Å². The van der Waals surface area contributed by atoms with Crippen LogP contribution in [0, 0.1) is 11.8 Å². The number of nitrogens with two attached hydrogens (primary N) is 1. The van der Waals surface area contributed by atoms with Crippen LogP contribution < -0.4 is 16.0 Å². The lowest BCUT2D eigenvalue weighted by molar-refractivity contribution is -0.153. The molecule has 4 atom stereocenters. The van der Waals surface area contributed by atoms with Gasteiger partial charge in [0.25, 0.3) is 5.91 Å². The lowest BCUT2D eigenvalue weighted by Gasteiger charge is -2.50. The molecule has 0 saturated heterocycles. The molecule has 1 aromatic rings. The number of likely N-dealkylation sites (N-methyl/N-ethyl adjacent to an activating group) is 1. The molecule has 12 nitrogen and oxygen atoms in total. The van der Waals surface area contributed by atoms with E-state index in [2.05, 4.69) is 5.32 Å². The third kappa shape index (κ3) is 9.66. The van der Waals surface area contributed by atoms with Gasteiger partial charge in [0.15, 0.2) is 11.4 Å².